The van der Waals surface area contributed by atoms with Crippen LogP contribution in [-0.2, 0) is 0 Å². The van der Waals surface area contributed by atoms with Gasteiger partial charge in [0, 0.05) is 11.5 Å². The van der Waals surface area contributed by atoms with Gasteiger partial charge in [0.05, 0.1) is 18.0 Å². The van der Waals surface area contributed by atoms with Gasteiger partial charge >= 0.3 is 0 Å². The Morgan fingerprint density at radius 1 is 0.840 bits per heavy atom. The normalized spacial score (nSPS) is 12.1. The number of hydrogen-bond acceptors (Lipinski definition) is 3. The number of aromatic nitrogens is 2. The molecule has 136 valence electrons. The Morgan fingerprint density at radius 3 is 2.24 bits per heavy atom. The van der Waals surface area contributed by atoms with Gasteiger partial charge in [-0.25, -0.2) is 0 Å². The molecule has 1 aromatic heterocycles. The molecule has 0 saturated heterocycles. The summed E-state index contributed by atoms with van der Waals surface area (Å²) in [5.41, 5.74) is 3.10. The van der Waals surface area contributed by atoms with Gasteiger partial charge in [-0.1, -0.05) is 52.9 Å². The van der Waals surface area contributed by atoms with Crippen LogP contribution in [-0.4, -0.2) is 16.8 Å². The second-order valence-corrected chi connectivity index (χ2v) is 6.82. The van der Waals surface area contributed by atoms with Crippen molar-refractivity contribution in [3.05, 3.63) is 42.1 Å². The van der Waals surface area contributed by atoms with Gasteiger partial charge in [-0.15, -0.1) is 0 Å². The first-order valence-corrected chi connectivity index (χ1v) is 9.81. The van der Waals surface area contributed by atoms with Crippen LogP contribution in [0.4, 0.5) is 0 Å². The molecule has 2 aromatic rings. The highest BCUT2D eigenvalue weighted by atomic mass is 16.5. The Hall–Kier alpha value is -1.90. The highest BCUT2D eigenvalue weighted by Gasteiger charge is 2.08. The predicted octanol–water partition coefficient (Wildman–Crippen LogP) is 6.40. The Bertz CT molecular complexity index is 592. The zero-order valence-corrected chi connectivity index (χ0v) is 16.0. The highest BCUT2D eigenvalue weighted by Crippen LogP contribution is 2.24. The van der Waals surface area contributed by atoms with Gasteiger partial charge in [0.25, 0.3) is 0 Å². The molecule has 2 rings (SSSR count). The Morgan fingerprint density at radius 2 is 1.60 bits per heavy atom. The Kier molecular flexibility index (Phi) is 8.44. The maximum Gasteiger partial charge on any atom is 0.119 e. The van der Waals surface area contributed by atoms with Gasteiger partial charge in [-0.2, -0.15) is 10.2 Å². The number of hydrogen-bond donors (Lipinski definition) is 0. The third kappa shape index (κ3) is 6.49. The van der Waals surface area contributed by atoms with E-state index >= 15 is 0 Å². The zero-order valence-electron chi connectivity index (χ0n) is 16.0. The molecule has 3 heteroatoms. The third-order valence-electron chi connectivity index (χ3n) is 4.60. The molecule has 0 N–H and O–H groups in total. The average molecular weight is 341 g/mol. The fourth-order valence-corrected chi connectivity index (χ4v) is 2.84. The first kappa shape index (κ1) is 19.4. The van der Waals surface area contributed by atoms with E-state index in [9.17, 15) is 0 Å². The lowest BCUT2D eigenvalue weighted by Gasteiger charge is -2.11. The molecule has 0 spiro atoms. The molecule has 0 fully saturated rings. The standard InChI is InChI=1S/C22H32N2O/c1-4-6-8-9-10-18(3)21-15-16-22(24-23-21)19-11-13-20(14-12-19)25-17-7-5-2/h11-16,18H,4-10,17H2,1-3H3. The number of ether oxygens (including phenoxy) is 1. The quantitative estimate of drug-likeness (QED) is 0.444. The molecule has 0 saturated carbocycles. The van der Waals surface area contributed by atoms with E-state index in [-0.39, 0.29) is 0 Å². The van der Waals surface area contributed by atoms with Crippen LogP contribution in [0.2, 0.25) is 0 Å². The summed E-state index contributed by atoms with van der Waals surface area (Å²) in [6.45, 7) is 7.44. The van der Waals surface area contributed by atoms with Gasteiger partial charge in [0.2, 0.25) is 0 Å². The summed E-state index contributed by atoms with van der Waals surface area (Å²) in [4.78, 5) is 0. The SMILES string of the molecule is CCCCCCC(C)c1ccc(-c2ccc(OCCCC)cc2)nn1. The summed E-state index contributed by atoms with van der Waals surface area (Å²) < 4.78 is 5.71. The number of rotatable bonds is 11. The van der Waals surface area contributed by atoms with Crippen LogP contribution in [0.5, 0.6) is 5.75 Å². The first-order valence-electron chi connectivity index (χ1n) is 9.81. The van der Waals surface area contributed by atoms with Crippen LogP contribution in [0.25, 0.3) is 11.3 Å². The van der Waals surface area contributed by atoms with Crippen molar-refractivity contribution >= 4 is 0 Å². The molecule has 1 unspecified atom stereocenters. The van der Waals surface area contributed by atoms with Crippen LogP contribution >= 0.6 is 0 Å². The van der Waals surface area contributed by atoms with Crippen molar-refractivity contribution in [2.75, 3.05) is 6.61 Å². The van der Waals surface area contributed by atoms with E-state index in [0.29, 0.717) is 5.92 Å². The van der Waals surface area contributed by atoms with E-state index in [2.05, 4.69) is 55.2 Å². The van der Waals surface area contributed by atoms with E-state index < -0.39 is 0 Å². The molecule has 1 aromatic carbocycles. The minimum absolute atomic E-state index is 0.479. The molecule has 0 radical (unpaired) electrons. The van der Waals surface area contributed by atoms with Crippen LogP contribution in [0.3, 0.4) is 0 Å². The second kappa shape index (κ2) is 10.9. The van der Waals surface area contributed by atoms with Crippen LogP contribution < -0.4 is 4.74 Å². The fraction of sp³-hybridized carbons (Fsp3) is 0.545. The fourth-order valence-electron chi connectivity index (χ4n) is 2.84. The maximum atomic E-state index is 5.71. The Balaban J connectivity index is 1.90. The molecule has 3 nitrogen and oxygen atoms in total. The molecule has 0 amide bonds. The van der Waals surface area contributed by atoms with Crippen LogP contribution in [0, 0.1) is 0 Å². The van der Waals surface area contributed by atoms with Crippen molar-refractivity contribution < 1.29 is 4.74 Å². The molecule has 0 bridgehead atoms. The molecular weight excluding hydrogens is 308 g/mol. The largest absolute Gasteiger partial charge is 0.494 e. The van der Waals surface area contributed by atoms with Crippen molar-refractivity contribution in [1.82, 2.24) is 10.2 Å². The molecule has 0 aliphatic rings. The topological polar surface area (TPSA) is 35.0 Å². The Labute approximate surface area is 152 Å². The van der Waals surface area contributed by atoms with Crippen molar-refractivity contribution in [2.24, 2.45) is 0 Å². The molecule has 1 atom stereocenters. The zero-order chi connectivity index (χ0) is 17.9. The van der Waals surface area contributed by atoms with Crippen molar-refractivity contribution in [3.8, 4) is 17.0 Å². The minimum Gasteiger partial charge on any atom is -0.494 e. The van der Waals surface area contributed by atoms with E-state index in [1.165, 1.54) is 32.1 Å². The smallest absolute Gasteiger partial charge is 0.119 e. The van der Waals surface area contributed by atoms with E-state index in [1.807, 2.05) is 12.1 Å². The number of nitrogens with zero attached hydrogens (tertiary/aromatic N) is 2. The number of unbranched alkanes of at least 4 members (excludes halogenated alkanes) is 4. The molecular formula is C22H32N2O. The summed E-state index contributed by atoms with van der Waals surface area (Å²) in [6.07, 6.45) is 8.64. The van der Waals surface area contributed by atoms with E-state index in [0.717, 1.165) is 42.1 Å². The van der Waals surface area contributed by atoms with Crippen molar-refractivity contribution in [1.29, 1.82) is 0 Å². The maximum absolute atomic E-state index is 5.71. The van der Waals surface area contributed by atoms with Gasteiger partial charge in [0.15, 0.2) is 0 Å². The lowest BCUT2D eigenvalue weighted by Crippen LogP contribution is -2.00. The molecule has 0 aliphatic carbocycles. The third-order valence-corrected chi connectivity index (χ3v) is 4.60. The first-order chi connectivity index (χ1) is 12.2. The van der Waals surface area contributed by atoms with Gasteiger partial charge in [-0.3, -0.25) is 0 Å². The van der Waals surface area contributed by atoms with Gasteiger partial charge in [-0.05, 0) is 49.2 Å². The molecule has 1 heterocycles. The van der Waals surface area contributed by atoms with Crippen molar-refractivity contribution in [2.45, 2.75) is 71.6 Å². The van der Waals surface area contributed by atoms with E-state index in [4.69, 9.17) is 4.74 Å². The summed E-state index contributed by atoms with van der Waals surface area (Å²) >= 11 is 0. The van der Waals surface area contributed by atoms with Crippen molar-refractivity contribution in [3.63, 3.8) is 0 Å². The lowest BCUT2D eigenvalue weighted by atomic mass is 9.99. The predicted molar refractivity (Wildman–Crippen MR) is 105 cm³/mol. The summed E-state index contributed by atoms with van der Waals surface area (Å²) in [5.74, 6) is 1.40. The lowest BCUT2D eigenvalue weighted by molar-refractivity contribution is 0.309. The molecule has 25 heavy (non-hydrogen) atoms. The summed E-state index contributed by atoms with van der Waals surface area (Å²) in [7, 11) is 0. The van der Waals surface area contributed by atoms with Gasteiger partial charge < -0.3 is 4.74 Å². The minimum atomic E-state index is 0.479. The number of benzene rings is 1. The molecule has 0 aliphatic heterocycles. The van der Waals surface area contributed by atoms with Gasteiger partial charge in [0.1, 0.15) is 5.75 Å². The second-order valence-electron chi connectivity index (χ2n) is 6.82. The van der Waals surface area contributed by atoms with Crippen LogP contribution in [0.15, 0.2) is 36.4 Å². The van der Waals surface area contributed by atoms with E-state index in [1.54, 1.807) is 0 Å². The summed E-state index contributed by atoms with van der Waals surface area (Å²) in [6, 6.07) is 12.3. The monoisotopic (exact) mass is 340 g/mol. The summed E-state index contributed by atoms with van der Waals surface area (Å²) in [5, 5.41) is 8.88. The highest BCUT2D eigenvalue weighted by molar-refractivity contribution is 5.59. The average Bonchev–Trinajstić information content (AvgIpc) is 2.66. The van der Waals surface area contributed by atoms with Crippen LogP contribution in [0.1, 0.15) is 77.3 Å².